The minimum absolute atomic E-state index is 0.250. The highest BCUT2D eigenvalue weighted by Gasteiger charge is 2.29. The average Bonchev–Trinajstić information content (AvgIpc) is 2.84. The number of hydrogen-bond acceptors (Lipinski definition) is 6. The van der Waals surface area contributed by atoms with Crippen LogP contribution in [0.15, 0.2) is 54.6 Å². The first-order valence-electron chi connectivity index (χ1n) is 11.3. The Balaban J connectivity index is 2.41. The number of ether oxygens (including phenoxy) is 2. The van der Waals surface area contributed by atoms with Crippen LogP contribution in [0.4, 0.5) is 17.1 Å². The summed E-state index contributed by atoms with van der Waals surface area (Å²) in [5.74, 6) is -0.0745. The van der Waals surface area contributed by atoms with Crippen LogP contribution in [0.1, 0.15) is 33.0 Å². The molecule has 0 radical (unpaired) electrons. The number of methoxy groups -OCH3 is 2. The Labute approximate surface area is 208 Å². The number of nitrogens with zero attached hydrogens (tertiary/aromatic N) is 3. The van der Waals surface area contributed by atoms with E-state index < -0.39 is 11.9 Å². The maximum absolute atomic E-state index is 12.5. The van der Waals surface area contributed by atoms with Gasteiger partial charge in [-0.3, -0.25) is 0 Å². The smallest absolute Gasteiger partial charge is 0.336 e. The van der Waals surface area contributed by atoms with Crippen LogP contribution in [0.3, 0.4) is 0 Å². The molecule has 0 heterocycles. The Morgan fingerprint density at radius 2 is 1.29 bits per heavy atom. The summed E-state index contributed by atoms with van der Waals surface area (Å²) >= 11 is 0. The third-order valence-corrected chi connectivity index (χ3v) is 6.17. The summed E-state index contributed by atoms with van der Waals surface area (Å²) in [6, 6.07) is 17.5. The number of anilines is 3. The fourth-order valence-electron chi connectivity index (χ4n) is 4.26. The molecular formula is C28H35N3O4. The molecule has 0 fully saturated rings. The zero-order chi connectivity index (χ0) is 25.9. The second-order valence-corrected chi connectivity index (χ2v) is 9.04. The van der Waals surface area contributed by atoms with Crippen LogP contribution in [0, 0.1) is 0 Å². The normalized spacial score (nSPS) is 11.5. The Hall–Kier alpha value is -3.87. The lowest BCUT2D eigenvalue weighted by molar-refractivity contribution is 0.0695. The van der Waals surface area contributed by atoms with Crippen molar-refractivity contribution in [2.24, 2.45) is 0 Å². The van der Waals surface area contributed by atoms with Gasteiger partial charge in [0.2, 0.25) is 0 Å². The summed E-state index contributed by atoms with van der Waals surface area (Å²) in [7, 11) is 15.0. The molecule has 0 spiro atoms. The Kier molecular flexibility index (Phi) is 7.79. The standard InChI is InChI=1S/C28H35N3O4/c1-29(2)18-9-12-21(24(15-18)28(32)33)27(23-14-11-20(34-7)17-26(23)35-8)22-13-10-19(30(3)4)16-25(22)31(5)6/h9-17,27H,1-8H3,(H,32,33). The van der Waals surface area contributed by atoms with Crippen LogP contribution in [0.2, 0.25) is 0 Å². The highest BCUT2D eigenvalue weighted by molar-refractivity contribution is 5.92. The molecule has 1 atom stereocenters. The van der Waals surface area contributed by atoms with Gasteiger partial charge in [0.15, 0.2) is 0 Å². The second kappa shape index (κ2) is 10.6. The third-order valence-electron chi connectivity index (χ3n) is 6.17. The molecule has 7 heteroatoms. The zero-order valence-electron chi connectivity index (χ0n) is 21.8. The van der Waals surface area contributed by atoms with Crippen LogP contribution >= 0.6 is 0 Å². The number of rotatable bonds is 9. The van der Waals surface area contributed by atoms with Crippen LogP contribution in [0.5, 0.6) is 11.5 Å². The molecule has 0 saturated heterocycles. The number of hydrogen-bond donors (Lipinski definition) is 1. The van der Waals surface area contributed by atoms with Gasteiger partial charge >= 0.3 is 5.97 Å². The van der Waals surface area contributed by atoms with Crippen molar-refractivity contribution < 1.29 is 19.4 Å². The van der Waals surface area contributed by atoms with E-state index in [1.54, 1.807) is 20.3 Å². The number of aromatic carboxylic acids is 1. The molecule has 0 aliphatic carbocycles. The summed E-state index contributed by atoms with van der Waals surface area (Å²) in [6.45, 7) is 0. The second-order valence-electron chi connectivity index (χ2n) is 9.04. The van der Waals surface area contributed by atoms with Gasteiger partial charge in [0.25, 0.3) is 0 Å². The number of carboxylic acid groups (broad SMARTS) is 1. The van der Waals surface area contributed by atoms with E-state index in [2.05, 4.69) is 23.1 Å². The molecule has 0 aliphatic rings. The van der Waals surface area contributed by atoms with E-state index in [4.69, 9.17) is 9.47 Å². The van der Waals surface area contributed by atoms with Crippen molar-refractivity contribution >= 4 is 23.0 Å². The van der Waals surface area contributed by atoms with Crippen LogP contribution in [0.25, 0.3) is 0 Å². The van der Waals surface area contributed by atoms with Crippen LogP contribution in [-0.2, 0) is 0 Å². The fraction of sp³-hybridized carbons (Fsp3) is 0.321. The fourth-order valence-corrected chi connectivity index (χ4v) is 4.26. The zero-order valence-corrected chi connectivity index (χ0v) is 21.8. The van der Waals surface area contributed by atoms with E-state index in [0.717, 1.165) is 28.2 Å². The SMILES string of the molecule is COc1ccc(C(c2ccc(N(C)C)cc2C(=O)O)c2ccc(N(C)C)cc2N(C)C)c(OC)c1. The Morgan fingerprint density at radius 1 is 0.714 bits per heavy atom. The minimum Gasteiger partial charge on any atom is -0.497 e. The molecule has 0 saturated carbocycles. The summed E-state index contributed by atoms with van der Waals surface area (Å²) in [5.41, 5.74) is 5.64. The van der Waals surface area contributed by atoms with Crippen molar-refractivity contribution in [3.05, 3.63) is 76.9 Å². The molecule has 0 aromatic heterocycles. The first-order chi connectivity index (χ1) is 16.6. The summed E-state index contributed by atoms with van der Waals surface area (Å²) in [4.78, 5) is 18.5. The van der Waals surface area contributed by atoms with Crippen molar-refractivity contribution in [1.82, 2.24) is 0 Å². The molecule has 1 unspecified atom stereocenters. The molecule has 35 heavy (non-hydrogen) atoms. The quantitative estimate of drug-likeness (QED) is 0.445. The number of benzene rings is 3. The summed E-state index contributed by atoms with van der Waals surface area (Å²) in [6.07, 6.45) is 0. The summed E-state index contributed by atoms with van der Waals surface area (Å²) < 4.78 is 11.2. The van der Waals surface area contributed by atoms with E-state index in [1.807, 2.05) is 82.4 Å². The first kappa shape index (κ1) is 25.7. The third kappa shape index (κ3) is 5.29. The molecule has 0 amide bonds. The lowest BCUT2D eigenvalue weighted by Crippen LogP contribution is -2.19. The monoisotopic (exact) mass is 477 g/mol. The molecule has 7 nitrogen and oxygen atoms in total. The van der Waals surface area contributed by atoms with E-state index in [-0.39, 0.29) is 5.56 Å². The number of carboxylic acids is 1. The van der Waals surface area contributed by atoms with Crippen LogP contribution in [-0.4, -0.2) is 67.6 Å². The van der Waals surface area contributed by atoms with Crippen molar-refractivity contribution in [3.63, 3.8) is 0 Å². The molecule has 1 N–H and O–H groups in total. The first-order valence-corrected chi connectivity index (χ1v) is 11.3. The maximum atomic E-state index is 12.5. The predicted octanol–water partition coefficient (Wildman–Crippen LogP) is 4.78. The van der Waals surface area contributed by atoms with Crippen molar-refractivity contribution in [1.29, 1.82) is 0 Å². The van der Waals surface area contributed by atoms with Gasteiger partial charge in [0, 0.05) is 76.9 Å². The van der Waals surface area contributed by atoms with Crippen molar-refractivity contribution in [2.45, 2.75) is 5.92 Å². The predicted molar refractivity (Wildman–Crippen MR) is 143 cm³/mol. The van der Waals surface area contributed by atoms with E-state index in [1.165, 1.54) is 0 Å². The maximum Gasteiger partial charge on any atom is 0.336 e. The van der Waals surface area contributed by atoms with Gasteiger partial charge in [0.1, 0.15) is 11.5 Å². The van der Waals surface area contributed by atoms with Gasteiger partial charge in [-0.05, 0) is 41.5 Å². The van der Waals surface area contributed by atoms with Gasteiger partial charge in [-0.15, -0.1) is 0 Å². The highest BCUT2D eigenvalue weighted by Crippen LogP contribution is 2.44. The molecule has 0 aliphatic heterocycles. The molecular weight excluding hydrogens is 442 g/mol. The molecule has 3 aromatic carbocycles. The molecule has 3 aromatic rings. The number of carbonyl (C=O) groups is 1. The van der Waals surface area contributed by atoms with Crippen LogP contribution < -0.4 is 24.2 Å². The largest absolute Gasteiger partial charge is 0.497 e. The van der Waals surface area contributed by atoms with E-state index in [0.29, 0.717) is 17.1 Å². The molecule has 186 valence electrons. The average molecular weight is 478 g/mol. The Morgan fingerprint density at radius 3 is 1.80 bits per heavy atom. The van der Waals surface area contributed by atoms with E-state index >= 15 is 0 Å². The lowest BCUT2D eigenvalue weighted by atomic mass is 9.81. The molecule has 0 bridgehead atoms. The van der Waals surface area contributed by atoms with Crippen molar-refractivity contribution in [2.75, 3.05) is 71.2 Å². The minimum atomic E-state index is -0.975. The Bertz CT molecular complexity index is 1200. The van der Waals surface area contributed by atoms with Gasteiger partial charge in [-0.1, -0.05) is 18.2 Å². The molecule has 3 rings (SSSR count). The van der Waals surface area contributed by atoms with Gasteiger partial charge in [0.05, 0.1) is 19.8 Å². The van der Waals surface area contributed by atoms with Gasteiger partial charge < -0.3 is 29.3 Å². The van der Waals surface area contributed by atoms with Gasteiger partial charge in [-0.2, -0.15) is 0 Å². The van der Waals surface area contributed by atoms with Gasteiger partial charge in [-0.25, -0.2) is 4.79 Å². The summed E-state index contributed by atoms with van der Waals surface area (Å²) in [5, 5.41) is 10.2. The highest BCUT2D eigenvalue weighted by atomic mass is 16.5. The topological polar surface area (TPSA) is 65.5 Å². The van der Waals surface area contributed by atoms with E-state index in [9.17, 15) is 9.90 Å². The van der Waals surface area contributed by atoms with Crippen molar-refractivity contribution in [3.8, 4) is 11.5 Å². The lowest BCUT2D eigenvalue weighted by Gasteiger charge is -2.29.